The van der Waals surface area contributed by atoms with Gasteiger partial charge in [0.15, 0.2) is 5.78 Å². The average Bonchev–Trinajstić information content (AvgIpc) is 2.70. The number of halogens is 1. The van der Waals surface area contributed by atoms with Crippen molar-refractivity contribution in [1.82, 2.24) is 4.98 Å². The standard InChI is InChI=1S/C21H16FN3O3/c1-13(26)14-2-6-17(7-3-14)24-20(27)15-10-11-23-19(12-15)21(28)25-18-8-4-16(22)5-9-18/h2-12H,1H3,(H,24,27)(H,25,28). The quantitative estimate of drug-likeness (QED) is 0.660. The van der Waals surface area contributed by atoms with Crippen LogP contribution >= 0.6 is 0 Å². The molecule has 0 spiro atoms. The molecule has 0 fully saturated rings. The number of ketones is 1. The summed E-state index contributed by atoms with van der Waals surface area (Å²) in [6, 6.07) is 14.6. The fraction of sp³-hybridized carbons (Fsp3) is 0.0476. The van der Waals surface area contributed by atoms with Crippen LogP contribution in [-0.2, 0) is 0 Å². The number of anilines is 2. The van der Waals surface area contributed by atoms with E-state index in [1.54, 1.807) is 24.3 Å². The molecule has 3 aromatic rings. The summed E-state index contributed by atoms with van der Waals surface area (Å²) in [5.74, 6) is -1.42. The van der Waals surface area contributed by atoms with Gasteiger partial charge in [-0.05, 0) is 67.6 Å². The summed E-state index contributed by atoms with van der Waals surface area (Å²) in [6.45, 7) is 1.46. The SMILES string of the molecule is CC(=O)c1ccc(NC(=O)c2ccnc(C(=O)Nc3ccc(F)cc3)c2)cc1. The molecule has 7 heteroatoms. The van der Waals surface area contributed by atoms with Gasteiger partial charge in [-0.15, -0.1) is 0 Å². The van der Waals surface area contributed by atoms with Crippen LogP contribution in [0.3, 0.4) is 0 Å². The summed E-state index contributed by atoms with van der Waals surface area (Å²) in [4.78, 5) is 40.0. The van der Waals surface area contributed by atoms with Crippen molar-refractivity contribution in [3.05, 3.63) is 89.5 Å². The second-order valence-electron chi connectivity index (χ2n) is 5.98. The zero-order chi connectivity index (χ0) is 20.1. The molecule has 2 amide bonds. The second kappa shape index (κ2) is 8.22. The van der Waals surface area contributed by atoms with E-state index in [0.29, 0.717) is 16.9 Å². The van der Waals surface area contributed by atoms with Gasteiger partial charge in [0.05, 0.1) is 0 Å². The molecule has 1 aromatic heterocycles. The lowest BCUT2D eigenvalue weighted by atomic mass is 10.1. The summed E-state index contributed by atoms with van der Waals surface area (Å²) >= 11 is 0. The van der Waals surface area contributed by atoms with Gasteiger partial charge in [-0.3, -0.25) is 19.4 Å². The predicted molar refractivity (Wildman–Crippen MR) is 103 cm³/mol. The molecular weight excluding hydrogens is 361 g/mol. The Morgan fingerprint density at radius 1 is 0.786 bits per heavy atom. The largest absolute Gasteiger partial charge is 0.322 e. The maximum Gasteiger partial charge on any atom is 0.274 e. The number of nitrogens with one attached hydrogen (secondary N) is 2. The molecule has 1 heterocycles. The fourth-order valence-electron chi connectivity index (χ4n) is 2.42. The van der Waals surface area contributed by atoms with Gasteiger partial charge in [-0.1, -0.05) is 0 Å². The molecule has 3 rings (SSSR count). The molecule has 140 valence electrons. The molecule has 0 radical (unpaired) electrons. The van der Waals surface area contributed by atoms with Gasteiger partial charge < -0.3 is 10.6 Å². The number of Topliss-reactive ketones (excluding diaryl/α,β-unsaturated/α-hetero) is 1. The van der Waals surface area contributed by atoms with Crippen molar-refractivity contribution >= 4 is 29.0 Å². The molecule has 0 unspecified atom stereocenters. The Labute approximate surface area is 160 Å². The van der Waals surface area contributed by atoms with Crippen LogP contribution in [0.25, 0.3) is 0 Å². The normalized spacial score (nSPS) is 10.2. The van der Waals surface area contributed by atoms with Crippen LogP contribution < -0.4 is 10.6 Å². The van der Waals surface area contributed by atoms with E-state index >= 15 is 0 Å². The van der Waals surface area contributed by atoms with Crippen molar-refractivity contribution in [2.75, 3.05) is 10.6 Å². The maximum atomic E-state index is 12.9. The lowest BCUT2D eigenvalue weighted by molar-refractivity contribution is 0.100. The first-order chi connectivity index (χ1) is 13.4. The summed E-state index contributed by atoms with van der Waals surface area (Å²) in [5, 5.41) is 5.28. The number of carbonyl (C=O) groups excluding carboxylic acids is 3. The molecule has 2 N–H and O–H groups in total. The minimum Gasteiger partial charge on any atom is -0.322 e. The van der Waals surface area contributed by atoms with Crippen LogP contribution in [0.4, 0.5) is 15.8 Å². The predicted octanol–water partition coefficient (Wildman–Crippen LogP) is 3.93. The minimum atomic E-state index is -0.521. The lowest BCUT2D eigenvalue weighted by Crippen LogP contribution is -2.17. The third kappa shape index (κ3) is 4.64. The Balaban J connectivity index is 1.71. The van der Waals surface area contributed by atoms with Crippen LogP contribution in [0.2, 0.25) is 0 Å². The highest BCUT2D eigenvalue weighted by atomic mass is 19.1. The molecule has 0 atom stereocenters. The Morgan fingerprint density at radius 3 is 1.96 bits per heavy atom. The molecule has 0 aliphatic rings. The third-order valence-corrected chi connectivity index (χ3v) is 3.91. The molecule has 6 nitrogen and oxygen atoms in total. The number of benzene rings is 2. The van der Waals surface area contributed by atoms with E-state index in [1.807, 2.05) is 0 Å². The van der Waals surface area contributed by atoms with Crippen molar-refractivity contribution in [3.63, 3.8) is 0 Å². The molecule has 0 aliphatic carbocycles. The lowest BCUT2D eigenvalue weighted by Gasteiger charge is -2.08. The Kier molecular flexibility index (Phi) is 5.55. The van der Waals surface area contributed by atoms with E-state index in [0.717, 1.165) is 0 Å². The van der Waals surface area contributed by atoms with Crippen molar-refractivity contribution in [3.8, 4) is 0 Å². The number of hydrogen-bond donors (Lipinski definition) is 2. The summed E-state index contributed by atoms with van der Waals surface area (Å²) < 4.78 is 12.9. The Morgan fingerprint density at radius 2 is 1.36 bits per heavy atom. The Bertz CT molecular complexity index is 1030. The monoisotopic (exact) mass is 377 g/mol. The van der Waals surface area contributed by atoms with E-state index < -0.39 is 17.6 Å². The smallest absolute Gasteiger partial charge is 0.274 e. The van der Waals surface area contributed by atoms with Gasteiger partial charge in [0.1, 0.15) is 11.5 Å². The van der Waals surface area contributed by atoms with E-state index in [2.05, 4.69) is 15.6 Å². The number of nitrogens with zero attached hydrogens (tertiary/aromatic N) is 1. The van der Waals surface area contributed by atoms with Crippen molar-refractivity contribution in [2.45, 2.75) is 6.92 Å². The first kappa shape index (κ1) is 18.9. The average molecular weight is 377 g/mol. The van der Waals surface area contributed by atoms with E-state index in [9.17, 15) is 18.8 Å². The molecule has 0 saturated carbocycles. The highest BCUT2D eigenvalue weighted by Gasteiger charge is 2.13. The molecule has 0 bridgehead atoms. The number of rotatable bonds is 5. The van der Waals surface area contributed by atoms with Gasteiger partial charge >= 0.3 is 0 Å². The minimum absolute atomic E-state index is 0.0453. The van der Waals surface area contributed by atoms with Crippen molar-refractivity contribution in [2.24, 2.45) is 0 Å². The zero-order valence-corrected chi connectivity index (χ0v) is 14.9. The second-order valence-corrected chi connectivity index (χ2v) is 5.98. The first-order valence-electron chi connectivity index (χ1n) is 8.38. The maximum absolute atomic E-state index is 12.9. The first-order valence-corrected chi connectivity index (χ1v) is 8.38. The molecule has 0 saturated heterocycles. The Hall–Kier alpha value is -3.87. The number of hydrogen-bond acceptors (Lipinski definition) is 4. The highest BCUT2D eigenvalue weighted by Crippen LogP contribution is 2.14. The van der Waals surface area contributed by atoms with Crippen molar-refractivity contribution < 1.29 is 18.8 Å². The van der Waals surface area contributed by atoms with Crippen LogP contribution in [0, 0.1) is 5.82 Å². The molecule has 0 aliphatic heterocycles. The van der Waals surface area contributed by atoms with Gasteiger partial charge in [0, 0.05) is 28.7 Å². The third-order valence-electron chi connectivity index (χ3n) is 3.91. The zero-order valence-electron chi connectivity index (χ0n) is 14.9. The number of pyridine rings is 1. The summed E-state index contributed by atoms with van der Waals surface area (Å²) in [6.07, 6.45) is 1.35. The number of aromatic nitrogens is 1. The van der Waals surface area contributed by atoms with Gasteiger partial charge in [-0.25, -0.2) is 4.39 Å². The van der Waals surface area contributed by atoms with Gasteiger partial charge in [0.25, 0.3) is 11.8 Å². The van der Waals surface area contributed by atoms with E-state index in [4.69, 9.17) is 0 Å². The summed E-state index contributed by atoms with van der Waals surface area (Å²) in [5.41, 5.74) is 1.76. The van der Waals surface area contributed by atoms with E-state index in [1.165, 1.54) is 49.5 Å². The number of carbonyl (C=O) groups is 3. The van der Waals surface area contributed by atoms with Gasteiger partial charge in [-0.2, -0.15) is 0 Å². The summed E-state index contributed by atoms with van der Waals surface area (Å²) in [7, 11) is 0. The molecule has 2 aromatic carbocycles. The van der Waals surface area contributed by atoms with Crippen LogP contribution in [-0.4, -0.2) is 22.6 Å². The van der Waals surface area contributed by atoms with Gasteiger partial charge in [0.2, 0.25) is 0 Å². The van der Waals surface area contributed by atoms with Crippen LogP contribution in [0.5, 0.6) is 0 Å². The topological polar surface area (TPSA) is 88.2 Å². The molecular formula is C21H16FN3O3. The number of amides is 2. The van der Waals surface area contributed by atoms with Crippen molar-refractivity contribution in [1.29, 1.82) is 0 Å². The van der Waals surface area contributed by atoms with Crippen LogP contribution in [0.15, 0.2) is 66.9 Å². The van der Waals surface area contributed by atoms with Crippen LogP contribution in [0.1, 0.15) is 38.1 Å². The highest BCUT2D eigenvalue weighted by molar-refractivity contribution is 6.08. The fourth-order valence-corrected chi connectivity index (χ4v) is 2.42. The van der Waals surface area contributed by atoms with E-state index in [-0.39, 0.29) is 17.0 Å². The molecule has 28 heavy (non-hydrogen) atoms.